The van der Waals surface area contributed by atoms with Crippen LogP contribution in [0.3, 0.4) is 0 Å². The van der Waals surface area contributed by atoms with E-state index in [2.05, 4.69) is 20.5 Å². The number of nitrogens with one attached hydrogen (secondary N) is 2. The number of likely N-dealkylation sites (tertiary alicyclic amines) is 2. The summed E-state index contributed by atoms with van der Waals surface area (Å²) in [5.74, 6) is -0.572. The Balaban J connectivity index is 1.08. The van der Waals surface area contributed by atoms with Gasteiger partial charge in [0.25, 0.3) is 5.91 Å². The van der Waals surface area contributed by atoms with E-state index in [0.29, 0.717) is 25.2 Å². The van der Waals surface area contributed by atoms with Gasteiger partial charge in [0.05, 0.1) is 18.8 Å². The third-order valence-corrected chi connectivity index (χ3v) is 9.12. The minimum atomic E-state index is -3.07. The van der Waals surface area contributed by atoms with E-state index in [0.717, 1.165) is 79.4 Å². The Bertz CT molecular complexity index is 1220. The molecule has 11 heteroatoms. The van der Waals surface area contributed by atoms with Crippen molar-refractivity contribution in [1.82, 2.24) is 25.4 Å². The lowest BCUT2D eigenvalue weighted by molar-refractivity contribution is -0.131. The van der Waals surface area contributed by atoms with Gasteiger partial charge in [0.2, 0.25) is 11.8 Å². The largest absolute Gasteiger partial charge is 0.350 e. The van der Waals surface area contributed by atoms with Crippen LogP contribution in [0.1, 0.15) is 60.1 Å². The maximum Gasteiger partial charge on any atom is 0.321 e. The van der Waals surface area contributed by atoms with Gasteiger partial charge in [-0.05, 0) is 62.8 Å². The number of halogens is 3. The molecule has 2 saturated heterocycles. The summed E-state index contributed by atoms with van der Waals surface area (Å²) >= 11 is 1.03. The molecule has 3 fully saturated rings. The minimum absolute atomic E-state index is 0.0208. The fourth-order valence-electron chi connectivity index (χ4n) is 6.47. The van der Waals surface area contributed by atoms with Crippen LogP contribution in [-0.2, 0) is 20.1 Å². The Hall–Kier alpha value is -2.67. The van der Waals surface area contributed by atoms with Crippen molar-refractivity contribution in [3.63, 3.8) is 0 Å². The third kappa shape index (κ3) is 6.62. The summed E-state index contributed by atoms with van der Waals surface area (Å²) in [4.78, 5) is 47.0. The molecular weight excluding hydrogens is 631 g/mol. The topological polar surface area (TPSA) is 94.6 Å². The van der Waals surface area contributed by atoms with Gasteiger partial charge < -0.3 is 15.5 Å². The highest BCUT2D eigenvalue weighted by Gasteiger charge is 2.46. The van der Waals surface area contributed by atoms with Crippen molar-refractivity contribution in [2.45, 2.75) is 67.1 Å². The van der Waals surface area contributed by atoms with Crippen LogP contribution in [0.2, 0.25) is 0 Å². The fraction of sp³-hybridized carbons (Fsp3) is 0.517. The van der Waals surface area contributed by atoms with Gasteiger partial charge in [0.1, 0.15) is 0 Å². The van der Waals surface area contributed by atoms with Gasteiger partial charge in [0, 0.05) is 77.0 Å². The van der Waals surface area contributed by atoms with Crippen LogP contribution in [0.15, 0.2) is 48.7 Å². The van der Waals surface area contributed by atoms with Crippen LogP contribution < -0.4 is 10.6 Å². The summed E-state index contributed by atoms with van der Waals surface area (Å²) < 4.78 is 24.2. The van der Waals surface area contributed by atoms with E-state index in [1.807, 2.05) is 23.1 Å². The van der Waals surface area contributed by atoms with Gasteiger partial charge >= 0.3 is 3.93 Å². The zero-order valence-electron chi connectivity index (χ0n) is 22.2. The molecule has 2 unspecified atom stereocenters. The lowest BCUT2D eigenvalue weighted by atomic mass is 9.84. The number of fused-ring (bicyclic) bond motifs is 1. The first-order valence-electron chi connectivity index (χ1n) is 13.9. The quantitative estimate of drug-likeness (QED) is 0.330. The van der Waals surface area contributed by atoms with E-state index in [1.54, 1.807) is 6.20 Å². The number of nitrogens with zero attached hydrogens (tertiary/aromatic N) is 3. The second-order valence-electron chi connectivity index (χ2n) is 10.8. The fourth-order valence-corrected chi connectivity index (χ4v) is 6.81. The van der Waals surface area contributed by atoms with Crippen molar-refractivity contribution in [3.05, 3.63) is 65.5 Å². The molecule has 2 N–H and O–H groups in total. The average Bonchev–Trinajstić information content (AvgIpc) is 3.57. The molecule has 2 atom stereocenters. The first kappa shape index (κ1) is 28.8. The highest BCUT2D eigenvalue weighted by atomic mass is 127. The van der Waals surface area contributed by atoms with Gasteiger partial charge in [-0.15, -0.1) is 0 Å². The molecule has 214 valence electrons. The number of alkyl halides is 3. The molecule has 40 heavy (non-hydrogen) atoms. The number of pyridine rings is 1. The maximum absolute atomic E-state index is 13.6. The van der Waals surface area contributed by atoms with E-state index >= 15 is 0 Å². The number of carbonyl (C=O) groups is 3. The van der Waals surface area contributed by atoms with Crippen molar-refractivity contribution < 1.29 is 23.2 Å². The zero-order chi connectivity index (χ0) is 28.3. The summed E-state index contributed by atoms with van der Waals surface area (Å²) in [6, 6.07) is 11.8. The lowest BCUT2D eigenvalue weighted by Crippen LogP contribution is -2.47. The standard InChI is InChI=1S/C29H34F2IN5O3/c30-29(31,32)21-5-3-4-20(16-21)28(40)35-18-26(38)37-15-12-24-25(37)11-14-36(24)23-9-7-19(8-10-23)27(39)34-17-22-6-1-2-13-33-22/h1-6,13,16,19,23-25H,7-12,14-15,17-18H2,(H,34,39)(H,35,40). The number of aromatic nitrogens is 1. The number of amides is 3. The van der Waals surface area contributed by atoms with Crippen molar-refractivity contribution in [2.24, 2.45) is 5.92 Å². The second-order valence-corrected chi connectivity index (χ2v) is 12.2. The summed E-state index contributed by atoms with van der Waals surface area (Å²) in [5.41, 5.74) is 0.705. The SMILES string of the molecule is O=C(NCC(=O)N1CCC2C1CCN2C1CCC(C(=O)NCc2ccccn2)CC1)c1cccc(C(F)(F)I)c1. The van der Waals surface area contributed by atoms with Crippen LogP contribution in [0.5, 0.6) is 0 Å². The second kappa shape index (κ2) is 12.5. The predicted octanol–water partition coefficient (Wildman–Crippen LogP) is 3.85. The van der Waals surface area contributed by atoms with Crippen LogP contribution in [-0.4, -0.2) is 70.3 Å². The molecule has 0 radical (unpaired) electrons. The number of rotatable bonds is 8. The van der Waals surface area contributed by atoms with E-state index in [9.17, 15) is 23.2 Å². The van der Waals surface area contributed by atoms with Gasteiger partial charge in [-0.3, -0.25) is 24.3 Å². The normalized spacial score (nSPS) is 24.9. The molecule has 0 spiro atoms. The molecule has 3 aliphatic rings. The van der Waals surface area contributed by atoms with Crippen molar-refractivity contribution in [1.29, 1.82) is 0 Å². The molecule has 5 rings (SSSR count). The monoisotopic (exact) mass is 665 g/mol. The van der Waals surface area contributed by atoms with Gasteiger partial charge in [-0.1, -0.05) is 18.2 Å². The Morgan fingerprint density at radius 1 is 0.950 bits per heavy atom. The molecule has 2 aliphatic heterocycles. The molecule has 8 nitrogen and oxygen atoms in total. The Kier molecular flexibility index (Phi) is 8.98. The van der Waals surface area contributed by atoms with E-state index in [1.165, 1.54) is 18.2 Å². The van der Waals surface area contributed by atoms with Crippen molar-refractivity contribution in [3.8, 4) is 0 Å². The smallest absolute Gasteiger partial charge is 0.321 e. The summed E-state index contributed by atoms with van der Waals surface area (Å²) in [7, 11) is 0. The molecule has 1 aromatic heterocycles. The number of carbonyl (C=O) groups excluding carboxylic acids is 3. The molecule has 3 amide bonds. The molecule has 1 aromatic carbocycles. The summed E-state index contributed by atoms with van der Waals surface area (Å²) in [6.45, 7) is 1.85. The molecule has 2 aromatic rings. The number of hydrogen-bond acceptors (Lipinski definition) is 5. The molecular formula is C29H34F2IN5O3. The first-order valence-corrected chi connectivity index (χ1v) is 15.0. The van der Waals surface area contributed by atoms with Crippen molar-refractivity contribution in [2.75, 3.05) is 19.6 Å². The van der Waals surface area contributed by atoms with Gasteiger partial charge in [-0.2, -0.15) is 8.78 Å². The summed E-state index contributed by atoms with van der Waals surface area (Å²) in [5, 5.41) is 5.64. The van der Waals surface area contributed by atoms with Crippen molar-refractivity contribution >= 4 is 40.3 Å². The lowest BCUT2D eigenvalue weighted by Gasteiger charge is -2.37. The van der Waals surface area contributed by atoms with Crippen LogP contribution in [0.4, 0.5) is 8.78 Å². The van der Waals surface area contributed by atoms with Gasteiger partial charge in [-0.25, -0.2) is 0 Å². The third-order valence-electron chi connectivity index (χ3n) is 8.50. The van der Waals surface area contributed by atoms with Crippen LogP contribution >= 0.6 is 22.6 Å². The Morgan fingerprint density at radius 3 is 2.45 bits per heavy atom. The molecule has 1 aliphatic carbocycles. The zero-order valence-corrected chi connectivity index (χ0v) is 24.4. The Morgan fingerprint density at radius 2 is 1.73 bits per heavy atom. The first-order chi connectivity index (χ1) is 19.2. The predicted molar refractivity (Wildman–Crippen MR) is 154 cm³/mol. The highest BCUT2D eigenvalue weighted by Crippen LogP contribution is 2.38. The average molecular weight is 666 g/mol. The Labute approximate surface area is 246 Å². The van der Waals surface area contributed by atoms with Gasteiger partial charge in [0.15, 0.2) is 0 Å². The summed E-state index contributed by atoms with van der Waals surface area (Å²) in [6.07, 6.45) is 7.14. The van der Waals surface area contributed by atoms with E-state index in [-0.39, 0.29) is 41.4 Å². The maximum atomic E-state index is 13.6. The highest BCUT2D eigenvalue weighted by molar-refractivity contribution is 14.1. The molecule has 3 heterocycles. The van der Waals surface area contributed by atoms with E-state index in [4.69, 9.17) is 0 Å². The molecule has 0 bridgehead atoms. The van der Waals surface area contributed by atoms with E-state index < -0.39 is 9.84 Å². The number of benzene rings is 1. The minimum Gasteiger partial charge on any atom is -0.350 e. The molecule has 1 saturated carbocycles. The van der Waals surface area contributed by atoms with Crippen LogP contribution in [0, 0.1) is 5.92 Å². The number of hydrogen-bond donors (Lipinski definition) is 2. The van der Waals surface area contributed by atoms with Crippen LogP contribution in [0.25, 0.3) is 0 Å².